The second-order valence-corrected chi connectivity index (χ2v) is 6.35. The average molecular weight is 310 g/mol. The Hall–Kier alpha value is -2.18. The van der Waals surface area contributed by atoms with E-state index in [2.05, 4.69) is 44.5 Å². The molecule has 0 aliphatic carbocycles. The summed E-state index contributed by atoms with van der Waals surface area (Å²) in [5.74, 6) is 0.679. The van der Waals surface area contributed by atoms with E-state index in [0.29, 0.717) is 5.92 Å². The first-order valence-corrected chi connectivity index (χ1v) is 8.21. The fourth-order valence-electron chi connectivity index (χ4n) is 3.45. The number of aromatic nitrogens is 4. The highest BCUT2D eigenvalue weighted by atomic mass is 15.2. The highest BCUT2D eigenvalue weighted by Crippen LogP contribution is 2.23. The van der Waals surface area contributed by atoms with Crippen molar-refractivity contribution < 1.29 is 0 Å². The van der Waals surface area contributed by atoms with Gasteiger partial charge in [-0.15, -0.1) is 10.2 Å². The van der Waals surface area contributed by atoms with Gasteiger partial charge >= 0.3 is 0 Å². The maximum absolute atomic E-state index is 5.78. The molecular weight excluding hydrogens is 288 g/mol. The second-order valence-electron chi connectivity index (χ2n) is 6.35. The molecule has 120 valence electrons. The molecule has 1 saturated heterocycles. The van der Waals surface area contributed by atoms with Crippen LogP contribution in [0.1, 0.15) is 12.0 Å². The first-order valence-electron chi connectivity index (χ1n) is 8.21. The summed E-state index contributed by atoms with van der Waals surface area (Å²) in [4.78, 5) is 5.90. The Morgan fingerprint density at radius 2 is 2.13 bits per heavy atom. The summed E-state index contributed by atoms with van der Waals surface area (Å²) in [7, 11) is 0. The number of fused-ring (bicyclic) bond motifs is 1. The molecule has 3 heterocycles. The Bertz CT molecular complexity index is 776. The molecule has 3 aromatic rings. The van der Waals surface area contributed by atoms with Crippen LogP contribution in [0.15, 0.2) is 37.1 Å². The van der Waals surface area contributed by atoms with E-state index in [9.17, 15) is 0 Å². The quantitative estimate of drug-likeness (QED) is 0.750. The Balaban J connectivity index is 1.52. The largest absolute Gasteiger partial charge is 0.361 e. The van der Waals surface area contributed by atoms with Crippen molar-refractivity contribution >= 4 is 10.9 Å². The zero-order valence-corrected chi connectivity index (χ0v) is 13.2. The minimum atomic E-state index is 0.679. The zero-order valence-electron chi connectivity index (χ0n) is 13.2. The lowest BCUT2D eigenvalue weighted by atomic mass is 10.1. The molecule has 1 aliphatic rings. The number of H-pyrrole nitrogens is 1. The number of benzene rings is 1. The average Bonchev–Trinajstić information content (AvgIpc) is 3.32. The van der Waals surface area contributed by atoms with Crippen LogP contribution in [0.25, 0.3) is 16.6 Å². The van der Waals surface area contributed by atoms with Crippen LogP contribution in [0.3, 0.4) is 0 Å². The van der Waals surface area contributed by atoms with Crippen molar-refractivity contribution in [2.24, 2.45) is 11.7 Å². The van der Waals surface area contributed by atoms with E-state index in [0.717, 1.165) is 31.7 Å². The number of aromatic amines is 1. The summed E-state index contributed by atoms with van der Waals surface area (Å²) < 4.78 is 1.93. The highest BCUT2D eigenvalue weighted by Gasteiger charge is 2.20. The summed E-state index contributed by atoms with van der Waals surface area (Å²) in [5.41, 5.74) is 9.42. The summed E-state index contributed by atoms with van der Waals surface area (Å²) in [6, 6.07) is 6.41. The molecule has 0 amide bonds. The summed E-state index contributed by atoms with van der Waals surface area (Å²) in [6.07, 6.45) is 7.89. The lowest BCUT2D eigenvalue weighted by Crippen LogP contribution is -2.25. The number of nitrogens with zero attached hydrogens (tertiary/aromatic N) is 4. The fraction of sp³-hybridized carbons (Fsp3) is 0.412. The number of rotatable bonds is 5. The van der Waals surface area contributed by atoms with Crippen molar-refractivity contribution in [2.75, 3.05) is 26.2 Å². The number of likely N-dealkylation sites (tertiary alicyclic amines) is 1. The van der Waals surface area contributed by atoms with Crippen LogP contribution >= 0.6 is 0 Å². The summed E-state index contributed by atoms with van der Waals surface area (Å²) in [6.45, 7) is 4.23. The van der Waals surface area contributed by atoms with Gasteiger partial charge in [-0.25, -0.2) is 0 Å². The van der Waals surface area contributed by atoms with Gasteiger partial charge < -0.3 is 15.6 Å². The molecule has 0 bridgehead atoms. The topological polar surface area (TPSA) is 75.8 Å². The van der Waals surface area contributed by atoms with Crippen molar-refractivity contribution in [2.45, 2.75) is 12.8 Å². The number of hydrogen-bond donors (Lipinski definition) is 2. The normalized spacial score (nSPS) is 18.9. The van der Waals surface area contributed by atoms with E-state index >= 15 is 0 Å². The Morgan fingerprint density at radius 3 is 2.91 bits per heavy atom. The van der Waals surface area contributed by atoms with E-state index in [1.54, 1.807) is 12.7 Å². The molecule has 6 heteroatoms. The molecule has 0 unspecified atom stereocenters. The third-order valence-corrected chi connectivity index (χ3v) is 4.87. The van der Waals surface area contributed by atoms with Crippen LogP contribution < -0.4 is 5.73 Å². The van der Waals surface area contributed by atoms with Gasteiger partial charge in [0.05, 0.1) is 0 Å². The van der Waals surface area contributed by atoms with Crippen LogP contribution in [0, 0.1) is 5.92 Å². The Morgan fingerprint density at radius 1 is 1.26 bits per heavy atom. The van der Waals surface area contributed by atoms with Gasteiger partial charge in [0.25, 0.3) is 0 Å². The summed E-state index contributed by atoms with van der Waals surface area (Å²) >= 11 is 0. The van der Waals surface area contributed by atoms with Gasteiger partial charge in [-0.05, 0) is 55.6 Å². The standard InChI is InChI=1S/C17H22N6/c18-8-13-3-5-22(10-13)6-4-14-9-19-17-2-1-15(7-16(14)17)23-11-20-21-12-23/h1-2,7,9,11-13,19H,3-6,8,10,18H2/t13-/m0/s1. The van der Waals surface area contributed by atoms with Crippen molar-refractivity contribution in [1.29, 1.82) is 0 Å². The first-order chi connectivity index (χ1) is 11.3. The third kappa shape index (κ3) is 2.87. The van der Waals surface area contributed by atoms with Crippen LogP contribution in [-0.4, -0.2) is 50.8 Å². The van der Waals surface area contributed by atoms with Gasteiger partial charge in [-0.2, -0.15) is 0 Å². The lowest BCUT2D eigenvalue weighted by molar-refractivity contribution is 0.330. The van der Waals surface area contributed by atoms with Crippen molar-refractivity contribution in [3.63, 3.8) is 0 Å². The number of nitrogens with one attached hydrogen (secondary N) is 1. The smallest absolute Gasteiger partial charge is 0.123 e. The fourth-order valence-corrected chi connectivity index (χ4v) is 3.45. The SMILES string of the molecule is NC[C@@H]1CCN(CCc2c[nH]c3ccc(-n4cnnc4)cc23)C1. The van der Waals surface area contributed by atoms with Gasteiger partial charge in [0.15, 0.2) is 0 Å². The Kier molecular flexibility index (Phi) is 3.85. The molecule has 23 heavy (non-hydrogen) atoms. The van der Waals surface area contributed by atoms with Gasteiger partial charge in [-0.1, -0.05) is 0 Å². The molecule has 1 atom stereocenters. The molecule has 1 aromatic carbocycles. The maximum atomic E-state index is 5.78. The van der Waals surface area contributed by atoms with Gasteiger partial charge in [-0.3, -0.25) is 4.57 Å². The van der Waals surface area contributed by atoms with E-state index in [1.165, 1.54) is 29.4 Å². The number of hydrogen-bond acceptors (Lipinski definition) is 4. The van der Waals surface area contributed by atoms with Crippen molar-refractivity contribution in [1.82, 2.24) is 24.6 Å². The number of nitrogens with two attached hydrogens (primary N) is 1. The molecule has 4 rings (SSSR count). The maximum Gasteiger partial charge on any atom is 0.123 e. The monoisotopic (exact) mass is 310 g/mol. The summed E-state index contributed by atoms with van der Waals surface area (Å²) in [5, 5.41) is 9.04. The molecule has 3 N–H and O–H groups in total. The zero-order chi connectivity index (χ0) is 15.6. The van der Waals surface area contributed by atoms with Crippen molar-refractivity contribution in [3.8, 4) is 5.69 Å². The minimum Gasteiger partial charge on any atom is -0.361 e. The van der Waals surface area contributed by atoms with E-state index in [-0.39, 0.29) is 0 Å². The van der Waals surface area contributed by atoms with E-state index < -0.39 is 0 Å². The van der Waals surface area contributed by atoms with Crippen LogP contribution in [-0.2, 0) is 6.42 Å². The van der Waals surface area contributed by atoms with E-state index in [4.69, 9.17) is 5.73 Å². The highest BCUT2D eigenvalue weighted by molar-refractivity contribution is 5.85. The Labute approximate surface area is 135 Å². The molecule has 6 nitrogen and oxygen atoms in total. The second kappa shape index (κ2) is 6.14. The molecule has 1 fully saturated rings. The minimum absolute atomic E-state index is 0.679. The van der Waals surface area contributed by atoms with Crippen molar-refractivity contribution in [3.05, 3.63) is 42.6 Å². The van der Waals surface area contributed by atoms with Gasteiger partial charge in [0, 0.05) is 35.9 Å². The molecular formula is C17H22N6. The predicted octanol–water partition coefficient (Wildman–Crippen LogP) is 1.57. The predicted molar refractivity (Wildman–Crippen MR) is 90.5 cm³/mol. The molecule has 1 aliphatic heterocycles. The molecule has 0 spiro atoms. The van der Waals surface area contributed by atoms with Gasteiger partial charge in [0.1, 0.15) is 12.7 Å². The third-order valence-electron chi connectivity index (χ3n) is 4.87. The van der Waals surface area contributed by atoms with Crippen LogP contribution in [0.4, 0.5) is 0 Å². The first kappa shape index (κ1) is 14.4. The van der Waals surface area contributed by atoms with Gasteiger partial charge in [0.2, 0.25) is 0 Å². The molecule has 2 aromatic heterocycles. The molecule has 0 radical (unpaired) electrons. The van der Waals surface area contributed by atoms with E-state index in [1.807, 2.05) is 4.57 Å². The van der Waals surface area contributed by atoms with Crippen LogP contribution in [0.2, 0.25) is 0 Å². The van der Waals surface area contributed by atoms with Crippen LogP contribution in [0.5, 0.6) is 0 Å². The molecule has 0 saturated carbocycles. The lowest BCUT2D eigenvalue weighted by Gasteiger charge is -2.15.